The first-order chi connectivity index (χ1) is 9.04. The first kappa shape index (κ1) is 14.0. The molecule has 0 fully saturated rings. The molecule has 0 radical (unpaired) electrons. The van der Waals surface area contributed by atoms with Crippen molar-refractivity contribution < 1.29 is 0 Å². The molecule has 2 heterocycles. The van der Waals surface area contributed by atoms with E-state index in [1.54, 1.807) is 17.1 Å². The lowest BCUT2D eigenvalue weighted by Crippen LogP contribution is -2.19. The number of nitrogens with one attached hydrogen (secondary N) is 1. The molecule has 0 atom stereocenters. The van der Waals surface area contributed by atoms with Crippen LogP contribution in [0.3, 0.4) is 0 Å². The van der Waals surface area contributed by atoms with Gasteiger partial charge in [0, 0.05) is 12.2 Å². The Kier molecular flexibility index (Phi) is 4.56. The molecule has 0 bridgehead atoms. The molecule has 0 aliphatic heterocycles. The molecule has 0 unspecified atom stereocenters. The van der Waals surface area contributed by atoms with Crippen LogP contribution >= 0.6 is 11.6 Å². The zero-order valence-corrected chi connectivity index (χ0v) is 12.3. The fourth-order valence-electron chi connectivity index (χ4n) is 1.87. The van der Waals surface area contributed by atoms with Crippen molar-refractivity contribution in [3.63, 3.8) is 0 Å². The highest BCUT2D eigenvalue weighted by Gasteiger charge is 2.04. The van der Waals surface area contributed by atoms with Gasteiger partial charge in [0.1, 0.15) is 0 Å². The Morgan fingerprint density at radius 1 is 1.37 bits per heavy atom. The Labute approximate surface area is 118 Å². The fourth-order valence-corrected chi connectivity index (χ4v) is 2.01. The summed E-state index contributed by atoms with van der Waals surface area (Å²) in [6, 6.07) is 4.12. The van der Waals surface area contributed by atoms with Crippen molar-refractivity contribution in [2.45, 2.75) is 27.3 Å². The summed E-state index contributed by atoms with van der Waals surface area (Å²) in [6.45, 7) is 8.22. The molecule has 102 valence electrons. The second-order valence-electron chi connectivity index (χ2n) is 5.10. The van der Waals surface area contributed by atoms with Crippen LogP contribution in [0.15, 0.2) is 24.5 Å². The highest BCUT2D eigenvalue weighted by Crippen LogP contribution is 2.13. The molecule has 0 aliphatic rings. The van der Waals surface area contributed by atoms with Crippen molar-refractivity contribution in [3.8, 4) is 5.82 Å². The van der Waals surface area contributed by atoms with Gasteiger partial charge in [0.15, 0.2) is 5.82 Å². The van der Waals surface area contributed by atoms with Gasteiger partial charge in [0.25, 0.3) is 0 Å². The number of hydrogen-bond donors (Lipinski definition) is 1. The summed E-state index contributed by atoms with van der Waals surface area (Å²) in [4.78, 5) is 4.47. The standard InChI is InChI=1S/C14H19ClN4/c1-10(2)6-16-7-12-4-11(3)18-14(5-12)19-9-13(15)8-17-19/h4-5,8-10,16H,6-7H2,1-3H3. The third-order valence-corrected chi connectivity index (χ3v) is 2.86. The fraction of sp³-hybridized carbons (Fsp3) is 0.429. The van der Waals surface area contributed by atoms with E-state index in [0.29, 0.717) is 10.9 Å². The van der Waals surface area contributed by atoms with E-state index in [1.807, 2.05) is 13.0 Å². The van der Waals surface area contributed by atoms with Gasteiger partial charge < -0.3 is 5.32 Å². The number of hydrogen-bond acceptors (Lipinski definition) is 3. The van der Waals surface area contributed by atoms with Gasteiger partial charge in [-0.3, -0.25) is 0 Å². The molecule has 5 heteroatoms. The first-order valence-electron chi connectivity index (χ1n) is 6.43. The van der Waals surface area contributed by atoms with Crippen molar-refractivity contribution in [1.29, 1.82) is 0 Å². The van der Waals surface area contributed by atoms with Crippen LogP contribution in [0, 0.1) is 12.8 Å². The van der Waals surface area contributed by atoms with Gasteiger partial charge in [-0.1, -0.05) is 25.4 Å². The Bertz CT molecular complexity index is 548. The smallest absolute Gasteiger partial charge is 0.153 e. The third kappa shape index (κ3) is 4.04. The van der Waals surface area contributed by atoms with E-state index in [2.05, 4.69) is 35.3 Å². The lowest BCUT2D eigenvalue weighted by molar-refractivity contribution is 0.552. The molecular weight excluding hydrogens is 260 g/mol. The van der Waals surface area contributed by atoms with E-state index >= 15 is 0 Å². The van der Waals surface area contributed by atoms with E-state index in [-0.39, 0.29) is 0 Å². The number of halogens is 1. The molecule has 2 rings (SSSR count). The number of nitrogens with zero attached hydrogens (tertiary/aromatic N) is 3. The SMILES string of the molecule is Cc1cc(CNCC(C)C)cc(-n2cc(Cl)cn2)n1. The number of rotatable bonds is 5. The molecule has 2 aromatic heterocycles. The van der Waals surface area contributed by atoms with Gasteiger partial charge in [-0.15, -0.1) is 0 Å². The third-order valence-electron chi connectivity index (χ3n) is 2.67. The highest BCUT2D eigenvalue weighted by atomic mass is 35.5. The summed E-state index contributed by atoms with van der Waals surface area (Å²) in [5.74, 6) is 1.44. The summed E-state index contributed by atoms with van der Waals surface area (Å²) in [7, 11) is 0. The summed E-state index contributed by atoms with van der Waals surface area (Å²) in [5.41, 5.74) is 2.18. The normalized spacial score (nSPS) is 11.2. The number of pyridine rings is 1. The average Bonchev–Trinajstić information content (AvgIpc) is 2.75. The molecule has 2 aromatic rings. The lowest BCUT2D eigenvalue weighted by atomic mass is 10.2. The molecule has 0 saturated carbocycles. The number of aromatic nitrogens is 3. The highest BCUT2D eigenvalue weighted by molar-refractivity contribution is 6.30. The van der Waals surface area contributed by atoms with Crippen molar-refractivity contribution in [3.05, 3.63) is 40.8 Å². The zero-order valence-electron chi connectivity index (χ0n) is 11.5. The monoisotopic (exact) mass is 278 g/mol. The molecule has 19 heavy (non-hydrogen) atoms. The van der Waals surface area contributed by atoms with Gasteiger partial charge in [0.05, 0.1) is 17.4 Å². The quantitative estimate of drug-likeness (QED) is 0.914. The van der Waals surface area contributed by atoms with Crippen LogP contribution in [0.4, 0.5) is 0 Å². The maximum absolute atomic E-state index is 5.88. The van der Waals surface area contributed by atoms with E-state index < -0.39 is 0 Å². The van der Waals surface area contributed by atoms with Crippen LogP contribution in [0.2, 0.25) is 5.02 Å². The summed E-state index contributed by atoms with van der Waals surface area (Å²) in [6.07, 6.45) is 3.37. The maximum Gasteiger partial charge on any atom is 0.153 e. The predicted molar refractivity (Wildman–Crippen MR) is 77.7 cm³/mol. The van der Waals surface area contributed by atoms with Crippen molar-refractivity contribution in [1.82, 2.24) is 20.1 Å². The molecule has 4 nitrogen and oxygen atoms in total. The van der Waals surface area contributed by atoms with E-state index in [9.17, 15) is 0 Å². The van der Waals surface area contributed by atoms with Crippen LogP contribution in [0.25, 0.3) is 5.82 Å². The molecule has 0 amide bonds. The van der Waals surface area contributed by atoms with Gasteiger partial charge in [0.2, 0.25) is 0 Å². The molecule has 0 aromatic carbocycles. The second kappa shape index (κ2) is 6.17. The number of aryl methyl sites for hydroxylation is 1. The molecule has 1 N–H and O–H groups in total. The Morgan fingerprint density at radius 2 is 2.16 bits per heavy atom. The van der Waals surface area contributed by atoms with Crippen molar-refractivity contribution in [2.75, 3.05) is 6.54 Å². The maximum atomic E-state index is 5.88. The Morgan fingerprint density at radius 3 is 2.79 bits per heavy atom. The second-order valence-corrected chi connectivity index (χ2v) is 5.54. The van der Waals surface area contributed by atoms with Gasteiger partial charge in [-0.05, 0) is 37.1 Å². The minimum absolute atomic E-state index is 0.614. The van der Waals surface area contributed by atoms with Crippen LogP contribution in [0.5, 0.6) is 0 Å². The van der Waals surface area contributed by atoms with Crippen LogP contribution in [-0.2, 0) is 6.54 Å². The van der Waals surface area contributed by atoms with Crippen LogP contribution < -0.4 is 5.32 Å². The van der Waals surface area contributed by atoms with Gasteiger partial charge in [-0.25, -0.2) is 9.67 Å². The van der Waals surface area contributed by atoms with E-state index in [0.717, 1.165) is 24.6 Å². The molecule has 0 aliphatic carbocycles. The topological polar surface area (TPSA) is 42.7 Å². The van der Waals surface area contributed by atoms with E-state index in [4.69, 9.17) is 11.6 Å². The molecule has 0 saturated heterocycles. The first-order valence-corrected chi connectivity index (χ1v) is 6.81. The predicted octanol–water partition coefficient (Wildman–Crippen LogP) is 2.97. The Hall–Kier alpha value is -1.39. The summed E-state index contributed by atoms with van der Waals surface area (Å²) in [5, 5.41) is 8.22. The van der Waals surface area contributed by atoms with Crippen LogP contribution in [-0.4, -0.2) is 21.3 Å². The lowest BCUT2D eigenvalue weighted by Gasteiger charge is -2.09. The van der Waals surface area contributed by atoms with Crippen LogP contribution in [0.1, 0.15) is 25.1 Å². The molecule has 0 spiro atoms. The minimum atomic E-state index is 0.614. The van der Waals surface area contributed by atoms with Gasteiger partial charge in [-0.2, -0.15) is 5.10 Å². The summed E-state index contributed by atoms with van der Waals surface area (Å²) >= 11 is 5.88. The zero-order chi connectivity index (χ0) is 13.8. The largest absolute Gasteiger partial charge is 0.312 e. The minimum Gasteiger partial charge on any atom is -0.312 e. The van der Waals surface area contributed by atoms with Crippen molar-refractivity contribution >= 4 is 11.6 Å². The average molecular weight is 279 g/mol. The molecular formula is C14H19ClN4. The van der Waals surface area contributed by atoms with E-state index in [1.165, 1.54) is 5.56 Å². The Balaban J connectivity index is 2.15. The summed E-state index contributed by atoms with van der Waals surface area (Å²) < 4.78 is 1.70. The van der Waals surface area contributed by atoms with Crippen molar-refractivity contribution in [2.24, 2.45) is 5.92 Å². The van der Waals surface area contributed by atoms with Gasteiger partial charge >= 0.3 is 0 Å².